The van der Waals surface area contributed by atoms with Crippen molar-refractivity contribution in [1.82, 2.24) is 10.3 Å². The van der Waals surface area contributed by atoms with Gasteiger partial charge in [0.1, 0.15) is 5.01 Å². The van der Waals surface area contributed by atoms with E-state index in [1.54, 1.807) is 0 Å². The standard InChI is InChI=1S/C17H21BrN2S/c1-11-12(2)21-16(19-11)17(3,20-15-8-9-15)10-13-4-6-14(18)7-5-13/h4-7,15,20H,8-10H2,1-3H3. The maximum absolute atomic E-state index is 4.82. The number of aromatic nitrogens is 1. The zero-order valence-corrected chi connectivity index (χ0v) is 15.1. The van der Waals surface area contributed by atoms with Crippen molar-refractivity contribution in [1.29, 1.82) is 0 Å². The Morgan fingerprint density at radius 2 is 1.95 bits per heavy atom. The molecule has 0 amide bonds. The zero-order chi connectivity index (χ0) is 15.0. The number of benzene rings is 1. The molecule has 2 nitrogen and oxygen atoms in total. The van der Waals surface area contributed by atoms with Gasteiger partial charge in [-0.2, -0.15) is 0 Å². The first kappa shape index (κ1) is 15.2. The summed E-state index contributed by atoms with van der Waals surface area (Å²) in [5.74, 6) is 0. The van der Waals surface area contributed by atoms with Crippen molar-refractivity contribution >= 4 is 27.3 Å². The molecule has 1 aliphatic carbocycles. The molecule has 0 aliphatic heterocycles. The van der Waals surface area contributed by atoms with Gasteiger partial charge in [-0.25, -0.2) is 4.98 Å². The predicted molar refractivity (Wildman–Crippen MR) is 92.9 cm³/mol. The van der Waals surface area contributed by atoms with Crippen molar-refractivity contribution < 1.29 is 0 Å². The molecule has 112 valence electrons. The lowest BCUT2D eigenvalue weighted by Gasteiger charge is -2.29. The van der Waals surface area contributed by atoms with Crippen LogP contribution in [0.2, 0.25) is 0 Å². The predicted octanol–water partition coefficient (Wildman–Crippen LogP) is 4.73. The van der Waals surface area contributed by atoms with Crippen molar-refractivity contribution in [2.45, 2.75) is 51.6 Å². The average molecular weight is 365 g/mol. The summed E-state index contributed by atoms with van der Waals surface area (Å²) < 4.78 is 1.13. The summed E-state index contributed by atoms with van der Waals surface area (Å²) in [4.78, 5) is 6.15. The van der Waals surface area contributed by atoms with Crippen LogP contribution in [0.15, 0.2) is 28.7 Å². The van der Waals surface area contributed by atoms with Gasteiger partial charge in [-0.3, -0.25) is 0 Å². The summed E-state index contributed by atoms with van der Waals surface area (Å²) in [6.07, 6.45) is 3.56. The molecular formula is C17H21BrN2S. The van der Waals surface area contributed by atoms with Crippen LogP contribution in [-0.4, -0.2) is 11.0 Å². The second-order valence-corrected chi connectivity index (χ2v) is 8.33. The number of nitrogens with one attached hydrogen (secondary N) is 1. The lowest BCUT2D eigenvalue weighted by molar-refractivity contribution is 0.357. The molecule has 1 fully saturated rings. The Bertz CT molecular complexity index is 611. The van der Waals surface area contributed by atoms with Crippen LogP contribution >= 0.6 is 27.3 Å². The number of aryl methyl sites for hydroxylation is 2. The number of rotatable bonds is 5. The van der Waals surface area contributed by atoms with E-state index in [-0.39, 0.29) is 5.54 Å². The van der Waals surface area contributed by atoms with Crippen LogP contribution in [0.4, 0.5) is 0 Å². The number of nitrogens with zero attached hydrogens (tertiary/aromatic N) is 1. The maximum atomic E-state index is 4.82. The molecule has 1 atom stereocenters. The van der Waals surface area contributed by atoms with Gasteiger partial charge in [0, 0.05) is 15.4 Å². The smallest absolute Gasteiger partial charge is 0.113 e. The highest BCUT2D eigenvalue weighted by Gasteiger charge is 2.36. The molecule has 1 aromatic heterocycles. The van der Waals surface area contributed by atoms with Gasteiger partial charge in [0.15, 0.2) is 0 Å². The quantitative estimate of drug-likeness (QED) is 0.828. The monoisotopic (exact) mass is 364 g/mol. The Labute approximate surface area is 139 Å². The molecular weight excluding hydrogens is 344 g/mol. The van der Waals surface area contributed by atoms with Gasteiger partial charge >= 0.3 is 0 Å². The summed E-state index contributed by atoms with van der Waals surface area (Å²) in [7, 11) is 0. The van der Waals surface area contributed by atoms with E-state index in [4.69, 9.17) is 4.98 Å². The van der Waals surface area contributed by atoms with Gasteiger partial charge < -0.3 is 5.32 Å². The fourth-order valence-corrected chi connectivity index (χ4v) is 3.87. The summed E-state index contributed by atoms with van der Waals surface area (Å²) in [5.41, 5.74) is 2.44. The molecule has 4 heteroatoms. The van der Waals surface area contributed by atoms with E-state index in [0.717, 1.165) is 16.6 Å². The Morgan fingerprint density at radius 1 is 1.29 bits per heavy atom. The molecule has 1 saturated carbocycles. The van der Waals surface area contributed by atoms with Crippen LogP contribution in [0.25, 0.3) is 0 Å². The van der Waals surface area contributed by atoms with Crippen LogP contribution in [0.1, 0.15) is 40.9 Å². The molecule has 0 spiro atoms. The number of hydrogen-bond donors (Lipinski definition) is 1. The molecule has 2 aromatic rings. The van der Waals surface area contributed by atoms with Gasteiger partial charge in [0.2, 0.25) is 0 Å². The Kier molecular flexibility index (Phi) is 4.21. The largest absolute Gasteiger partial charge is 0.303 e. The molecule has 1 N–H and O–H groups in total. The van der Waals surface area contributed by atoms with Crippen LogP contribution in [0.5, 0.6) is 0 Å². The van der Waals surface area contributed by atoms with Crippen LogP contribution in [0, 0.1) is 13.8 Å². The van der Waals surface area contributed by atoms with E-state index in [1.807, 2.05) is 11.3 Å². The number of hydrogen-bond acceptors (Lipinski definition) is 3. The number of thiazole rings is 1. The van der Waals surface area contributed by atoms with E-state index in [2.05, 4.69) is 66.3 Å². The Hall–Kier alpha value is -0.710. The fourth-order valence-electron chi connectivity index (χ4n) is 2.59. The van der Waals surface area contributed by atoms with Crippen LogP contribution in [0.3, 0.4) is 0 Å². The highest BCUT2D eigenvalue weighted by molar-refractivity contribution is 9.10. The molecule has 3 rings (SSSR count). The molecule has 0 radical (unpaired) electrons. The van der Waals surface area contributed by atoms with Gasteiger partial charge in [-0.15, -0.1) is 11.3 Å². The number of halogens is 1. The van der Waals surface area contributed by atoms with Crippen molar-refractivity contribution in [2.75, 3.05) is 0 Å². The second-order valence-electron chi connectivity index (χ2n) is 6.21. The van der Waals surface area contributed by atoms with Crippen molar-refractivity contribution in [3.05, 3.63) is 49.9 Å². The first-order valence-corrected chi connectivity index (χ1v) is 9.04. The van der Waals surface area contributed by atoms with Gasteiger partial charge in [0.05, 0.1) is 11.2 Å². The van der Waals surface area contributed by atoms with E-state index in [0.29, 0.717) is 6.04 Å². The third-order valence-corrected chi connectivity index (χ3v) is 5.94. The van der Waals surface area contributed by atoms with Crippen molar-refractivity contribution in [3.8, 4) is 0 Å². The topological polar surface area (TPSA) is 24.9 Å². The normalized spacial score (nSPS) is 17.7. The molecule has 1 aromatic carbocycles. The molecule has 1 unspecified atom stereocenters. The molecule has 0 bridgehead atoms. The lowest BCUT2D eigenvalue weighted by Crippen LogP contribution is -2.42. The second kappa shape index (κ2) is 5.82. The Balaban J connectivity index is 1.90. The van der Waals surface area contributed by atoms with Crippen molar-refractivity contribution in [3.63, 3.8) is 0 Å². The van der Waals surface area contributed by atoms with E-state index in [9.17, 15) is 0 Å². The minimum Gasteiger partial charge on any atom is -0.303 e. The fraction of sp³-hybridized carbons (Fsp3) is 0.471. The summed E-state index contributed by atoms with van der Waals surface area (Å²) >= 11 is 5.34. The third-order valence-electron chi connectivity index (χ3n) is 4.07. The van der Waals surface area contributed by atoms with Gasteiger partial charge in [-0.05, 0) is 57.7 Å². The SMILES string of the molecule is Cc1nc(C(C)(Cc2ccc(Br)cc2)NC2CC2)sc1C. The summed E-state index contributed by atoms with van der Waals surface area (Å²) in [6.45, 7) is 6.56. The first-order valence-electron chi connectivity index (χ1n) is 7.43. The zero-order valence-electron chi connectivity index (χ0n) is 12.7. The third kappa shape index (κ3) is 3.55. The van der Waals surface area contributed by atoms with Crippen molar-refractivity contribution in [2.24, 2.45) is 0 Å². The minimum absolute atomic E-state index is 0.0708. The summed E-state index contributed by atoms with van der Waals surface area (Å²) in [6, 6.07) is 9.29. The van der Waals surface area contributed by atoms with E-state index < -0.39 is 0 Å². The Morgan fingerprint density at radius 3 is 2.48 bits per heavy atom. The first-order chi connectivity index (χ1) is 9.96. The lowest BCUT2D eigenvalue weighted by atomic mass is 9.93. The average Bonchev–Trinajstić information content (AvgIpc) is 3.17. The van der Waals surface area contributed by atoms with Gasteiger partial charge in [0.25, 0.3) is 0 Å². The molecule has 1 heterocycles. The highest BCUT2D eigenvalue weighted by atomic mass is 79.9. The molecule has 21 heavy (non-hydrogen) atoms. The van der Waals surface area contributed by atoms with Gasteiger partial charge in [-0.1, -0.05) is 28.1 Å². The van der Waals surface area contributed by atoms with E-state index >= 15 is 0 Å². The molecule has 0 saturated heterocycles. The maximum Gasteiger partial charge on any atom is 0.113 e. The van der Waals surface area contributed by atoms with Crippen LogP contribution < -0.4 is 5.32 Å². The summed E-state index contributed by atoms with van der Waals surface area (Å²) in [5, 5.41) is 5.04. The van der Waals surface area contributed by atoms with E-state index in [1.165, 1.54) is 28.3 Å². The molecule has 1 aliphatic rings. The highest BCUT2D eigenvalue weighted by Crippen LogP contribution is 2.34. The van der Waals surface area contributed by atoms with Crippen LogP contribution in [-0.2, 0) is 12.0 Å². The minimum atomic E-state index is -0.0708.